The Hall–Kier alpha value is -0.610. The minimum absolute atomic E-state index is 0.294. The van der Waals surface area contributed by atoms with Crippen LogP contribution in [0.1, 0.15) is 26.2 Å². The molecule has 4 heteroatoms. The van der Waals surface area contributed by atoms with Crippen LogP contribution in [0.25, 0.3) is 0 Å². The van der Waals surface area contributed by atoms with E-state index in [1.165, 1.54) is 19.3 Å². The Morgan fingerprint density at radius 2 is 2.27 bits per heavy atom. The van der Waals surface area contributed by atoms with E-state index in [1.54, 1.807) is 6.92 Å². The molecule has 1 fully saturated rings. The molecule has 1 rings (SSSR count). The maximum atomic E-state index is 11.3. The molecule has 0 aromatic carbocycles. The first-order valence-electron chi connectivity index (χ1n) is 5.74. The molecule has 1 unspecified atom stereocenters. The van der Waals surface area contributed by atoms with E-state index >= 15 is 0 Å². The van der Waals surface area contributed by atoms with Crippen LogP contribution in [-0.2, 0) is 9.53 Å². The third kappa shape index (κ3) is 4.18. The Morgan fingerprint density at radius 3 is 2.73 bits per heavy atom. The standard InChI is InChI=1S/C11H22N2O2/c1-3-15-11(14)10(12)8-13(2)7-9-5-4-6-9/h9-10H,3-8,12H2,1-2H3. The molecule has 2 N–H and O–H groups in total. The molecule has 15 heavy (non-hydrogen) atoms. The summed E-state index contributed by atoms with van der Waals surface area (Å²) in [4.78, 5) is 13.4. The summed E-state index contributed by atoms with van der Waals surface area (Å²) in [6, 6.07) is -0.505. The van der Waals surface area contributed by atoms with Gasteiger partial charge in [-0.3, -0.25) is 4.79 Å². The maximum Gasteiger partial charge on any atom is 0.324 e. The molecule has 0 spiro atoms. The van der Waals surface area contributed by atoms with Crippen LogP contribution in [0.4, 0.5) is 0 Å². The monoisotopic (exact) mass is 214 g/mol. The van der Waals surface area contributed by atoms with Gasteiger partial charge >= 0.3 is 5.97 Å². The van der Waals surface area contributed by atoms with Crippen molar-refractivity contribution in [3.63, 3.8) is 0 Å². The number of hydrogen-bond donors (Lipinski definition) is 1. The van der Waals surface area contributed by atoms with Gasteiger partial charge in [0.05, 0.1) is 6.61 Å². The first-order chi connectivity index (χ1) is 7.13. The number of hydrogen-bond acceptors (Lipinski definition) is 4. The Balaban J connectivity index is 2.17. The molecule has 0 saturated heterocycles. The number of esters is 1. The fourth-order valence-corrected chi connectivity index (χ4v) is 1.85. The van der Waals surface area contributed by atoms with Gasteiger partial charge in [-0.25, -0.2) is 0 Å². The van der Waals surface area contributed by atoms with E-state index in [2.05, 4.69) is 4.90 Å². The lowest BCUT2D eigenvalue weighted by Crippen LogP contribution is -2.44. The summed E-state index contributed by atoms with van der Waals surface area (Å²) in [6.45, 7) is 3.84. The van der Waals surface area contributed by atoms with E-state index in [4.69, 9.17) is 10.5 Å². The molecule has 1 atom stereocenters. The fourth-order valence-electron chi connectivity index (χ4n) is 1.85. The Kier molecular flexibility index (Phi) is 5.05. The summed E-state index contributed by atoms with van der Waals surface area (Å²) in [5.41, 5.74) is 5.72. The van der Waals surface area contributed by atoms with E-state index in [1.807, 2.05) is 7.05 Å². The highest BCUT2D eigenvalue weighted by molar-refractivity contribution is 5.75. The molecule has 1 aliphatic rings. The van der Waals surface area contributed by atoms with Crippen molar-refractivity contribution in [2.24, 2.45) is 11.7 Å². The summed E-state index contributed by atoms with van der Waals surface area (Å²) < 4.78 is 4.86. The first kappa shape index (κ1) is 12.5. The van der Waals surface area contributed by atoms with Crippen molar-refractivity contribution in [1.82, 2.24) is 4.90 Å². The topological polar surface area (TPSA) is 55.6 Å². The Morgan fingerprint density at radius 1 is 1.60 bits per heavy atom. The van der Waals surface area contributed by atoms with Gasteiger partial charge in [-0.1, -0.05) is 6.42 Å². The van der Waals surface area contributed by atoms with Crippen molar-refractivity contribution < 1.29 is 9.53 Å². The molecule has 0 heterocycles. The molecule has 0 amide bonds. The van der Waals surface area contributed by atoms with E-state index in [-0.39, 0.29) is 5.97 Å². The molecular weight excluding hydrogens is 192 g/mol. The van der Waals surface area contributed by atoms with Crippen molar-refractivity contribution >= 4 is 5.97 Å². The van der Waals surface area contributed by atoms with Gasteiger partial charge in [-0.05, 0) is 32.7 Å². The van der Waals surface area contributed by atoms with Crippen LogP contribution in [0.3, 0.4) is 0 Å². The lowest BCUT2D eigenvalue weighted by atomic mass is 9.85. The number of ether oxygens (including phenoxy) is 1. The van der Waals surface area contributed by atoms with Gasteiger partial charge in [0.15, 0.2) is 0 Å². The zero-order valence-electron chi connectivity index (χ0n) is 9.74. The number of rotatable bonds is 6. The molecule has 1 aliphatic carbocycles. The summed E-state index contributed by atoms with van der Waals surface area (Å²) in [6.07, 6.45) is 3.99. The number of nitrogens with zero attached hydrogens (tertiary/aromatic N) is 1. The molecule has 0 aromatic heterocycles. The van der Waals surface area contributed by atoms with Crippen LogP contribution in [-0.4, -0.2) is 43.7 Å². The molecular formula is C11H22N2O2. The van der Waals surface area contributed by atoms with Crippen LogP contribution in [0.15, 0.2) is 0 Å². The van der Waals surface area contributed by atoms with Gasteiger partial charge in [-0.2, -0.15) is 0 Å². The molecule has 0 bridgehead atoms. The second-order valence-corrected chi connectivity index (χ2v) is 4.38. The highest BCUT2D eigenvalue weighted by Crippen LogP contribution is 2.26. The third-order valence-corrected chi connectivity index (χ3v) is 2.89. The molecule has 0 aromatic rings. The zero-order chi connectivity index (χ0) is 11.3. The predicted octanol–water partition coefficient (Wildman–Crippen LogP) is 0.609. The second kappa shape index (κ2) is 6.08. The van der Waals surface area contributed by atoms with Crippen molar-refractivity contribution in [2.45, 2.75) is 32.2 Å². The number of carbonyl (C=O) groups is 1. The molecule has 88 valence electrons. The summed E-state index contributed by atoms with van der Waals surface area (Å²) in [5, 5.41) is 0. The van der Waals surface area contributed by atoms with Crippen LogP contribution < -0.4 is 5.73 Å². The predicted molar refractivity (Wildman–Crippen MR) is 59.4 cm³/mol. The fraction of sp³-hybridized carbons (Fsp3) is 0.909. The maximum absolute atomic E-state index is 11.3. The highest BCUT2D eigenvalue weighted by Gasteiger charge is 2.22. The summed E-state index contributed by atoms with van der Waals surface area (Å²) in [7, 11) is 2.01. The van der Waals surface area contributed by atoms with Gasteiger partial charge in [0, 0.05) is 13.1 Å². The first-order valence-corrected chi connectivity index (χ1v) is 5.74. The largest absolute Gasteiger partial charge is 0.465 e. The van der Waals surface area contributed by atoms with Gasteiger partial charge in [0.25, 0.3) is 0 Å². The summed E-state index contributed by atoms with van der Waals surface area (Å²) in [5.74, 6) is 0.516. The van der Waals surface area contributed by atoms with Gasteiger partial charge in [-0.15, -0.1) is 0 Å². The molecule has 4 nitrogen and oxygen atoms in total. The number of likely N-dealkylation sites (N-methyl/N-ethyl adjacent to an activating group) is 1. The summed E-state index contributed by atoms with van der Waals surface area (Å²) >= 11 is 0. The minimum atomic E-state index is -0.505. The molecule has 0 aliphatic heterocycles. The quantitative estimate of drug-likeness (QED) is 0.658. The second-order valence-electron chi connectivity index (χ2n) is 4.38. The van der Waals surface area contributed by atoms with Crippen molar-refractivity contribution in [1.29, 1.82) is 0 Å². The lowest BCUT2D eigenvalue weighted by Gasteiger charge is -2.30. The lowest BCUT2D eigenvalue weighted by molar-refractivity contribution is -0.145. The number of carbonyl (C=O) groups excluding carboxylic acids is 1. The molecule has 0 radical (unpaired) electrons. The van der Waals surface area contributed by atoms with Gasteiger partial charge < -0.3 is 15.4 Å². The Bertz CT molecular complexity index is 205. The highest BCUT2D eigenvalue weighted by atomic mass is 16.5. The van der Waals surface area contributed by atoms with Crippen molar-refractivity contribution in [2.75, 3.05) is 26.7 Å². The van der Waals surface area contributed by atoms with Crippen LogP contribution >= 0.6 is 0 Å². The Labute approximate surface area is 91.8 Å². The van der Waals surface area contributed by atoms with E-state index < -0.39 is 6.04 Å². The minimum Gasteiger partial charge on any atom is -0.465 e. The SMILES string of the molecule is CCOC(=O)C(N)CN(C)CC1CCC1. The van der Waals surface area contributed by atoms with E-state index in [9.17, 15) is 4.79 Å². The normalized spacial score (nSPS) is 18.7. The van der Waals surface area contributed by atoms with E-state index in [0.29, 0.717) is 13.2 Å². The van der Waals surface area contributed by atoms with Crippen molar-refractivity contribution in [3.05, 3.63) is 0 Å². The molecule has 1 saturated carbocycles. The van der Waals surface area contributed by atoms with Crippen LogP contribution in [0.2, 0.25) is 0 Å². The van der Waals surface area contributed by atoms with Crippen LogP contribution in [0.5, 0.6) is 0 Å². The van der Waals surface area contributed by atoms with Crippen molar-refractivity contribution in [3.8, 4) is 0 Å². The average molecular weight is 214 g/mol. The van der Waals surface area contributed by atoms with Gasteiger partial charge in [0.2, 0.25) is 0 Å². The average Bonchev–Trinajstić information content (AvgIpc) is 2.12. The van der Waals surface area contributed by atoms with Crippen LogP contribution in [0, 0.1) is 5.92 Å². The smallest absolute Gasteiger partial charge is 0.324 e. The van der Waals surface area contributed by atoms with E-state index in [0.717, 1.165) is 12.5 Å². The third-order valence-electron chi connectivity index (χ3n) is 2.89. The zero-order valence-corrected chi connectivity index (χ0v) is 9.74. The van der Waals surface area contributed by atoms with Gasteiger partial charge in [0.1, 0.15) is 6.04 Å². The number of nitrogens with two attached hydrogens (primary N) is 1.